The van der Waals surface area contributed by atoms with Gasteiger partial charge in [-0.2, -0.15) is 0 Å². The standard InChI is InChI=1S/C17H30N2O4/c1-13(2)9-17(5-4-6-17)16(22)19-7-8-23-14(11-19)10-18(3)12-15(20)21/h13-14H,4-12H2,1-3H3,(H,20,21). The molecule has 23 heavy (non-hydrogen) atoms. The second-order valence-electron chi connectivity index (χ2n) is 7.57. The molecule has 1 saturated carbocycles. The van der Waals surface area contributed by atoms with E-state index in [1.54, 1.807) is 11.9 Å². The predicted molar refractivity (Wildman–Crippen MR) is 87.2 cm³/mol. The van der Waals surface area contributed by atoms with Crippen LogP contribution in [0.3, 0.4) is 0 Å². The van der Waals surface area contributed by atoms with Crippen LogP contribution in [0.4, 0.5) is 0 Å². The van der Waals surface area contributed by atoms with Crippen molar-refractivity contribution in [3.63, 3.8) is 0 Å². The Labute approximate surface area is 138 Å². The maximum Gasteiger partial charge on any atom is 0.317 e. The van der Waals surface area contributed by atoms with Crippen molar-refractivity contribution in [3.05, 3.63) is 0 Å². The fraction of sp³-hybridized carbons (Fsp3) is 0.882. The third-order valence-electron chi connectivity index (χ3n) is 4.91. The fourth-order valence-corrected chi connectivity index (χ4v) is 3.88. The lowest BCUT2D eigenvalue weighted by atomic mass is 9.63. The Hall–Kier alpha value is -1.14. The number of carboxylic acid groups (broad SMARTS) is 1. The minimum Gasteiger partial charge on any atom is -0.480 e. The van der Waals surface area contributed by atoms with Gasteiger partial charge in [0.15, 0.2) is 0 Å². The number of hydrogen-bond donors (Lipinski definition) is 1. The molecule has 1 atom stereocenters. The predicted octanol–water partition coefficient (Wildman–Crippen LogP) is 1.45. The molecule has 0 aromatic rings. The van der Waals surface area contributed by atoms with Crippen LogP contribution < -0.4 is 0 Å². The molecule has 1 heterocycles. The molecule has 2 rings (SSSR count). The van der Waals surface area contributed by atoms with Gasteiger partial charge in [-0.15, -0.1) is 0 Å². The summed E-state index contributed by atoms with van der Waals surface area (Å²) in [7, 11) is 1.77. The fourth-order valence-electron chi connectivity index (χ4n) is 3.88. The lowest BCUT2D eigenvalue weighted by Gasteiger charge is -2.46. The number of hydrogen-bond acceptors (Lipinski definition) is 4. The van der Waals surface area contributed by atoms with E-state index in [0.717, 1.165) is 25.7 Å². The van der Waals surface area contributed by atoms with Crippen molar-refractivity contribution in [2.45, 2.75) is 45.6 Å². The van der Waals surface area contributed by atoms with E-state index in [2.05, 4.69) is 13.8 Å². The molecule has 132 valence electrons. The van der Waals surface area contributed by atoms with Gasteiger partial charge in [0.05, 0.1) is 19.3 Å². The monoisotopic (exact) mass is 326 g/mol. The number of rotatable bonds is 7. The van der Waals surface area contributed by atoms with E-state index < -0.39 is 5.97 Å². The summed E-state index contributed by atoms with van der Waals surface area (Å²) in [6.07, 6.45) is 4.02. The summed E-state index contributed by atoms with van der Waals surface area (Å²) in [5, 5.41) is 8.84. The lowest BCUT2D eigenvalue weighted by Crippen LogP contribution is -2.55. The molecule has 1 amide bonds. The highest BCUT2D eigenvalue weighted by molar-refractivity contribution is 5.83. The molecule has 0 bridgehead atoms. The second kappa shape index (κ2) is 7.62. The van der Waals surface area contributed by atoms with E-state index in [0.29, 0.717) is 32.2 Å². The Kier molecular flexibility index (Phi) is 6.03. The van der Waals surface area contributed by atoms with Crippen LogP contribution in [0.1, 0.15) is 39.5 Å². The summed E-state index contributed by atoms with van der Waals surface area (Å²) in [5.41, 5.74) is -0.150. The minimum atomic E-state index is -0.846. The molecule has 1 unspecified atom stereocenters. The highest BCUT2D eigenvalue weighted by Gasteiger charge is 2.47. The molecule has 6 heteroatoms. The third kappa shape index (κ3) is 4.67. The Morgan fingerprint density at radius 1 is 1.39 bits per heavy atom. The summed E-state index contributed by atoms with van der Waals surface area (Å²) in [5.74, 6) is -0.0361. The van der Waals surface area contributed by atoms with Gasteiger partial charge in [-0.25, -0.2) is 0 Å². The minimum absolute atomic E-state index is 0.00884. The number of carbonyl (C=O) groups is 2. The van der Waals surface area contributed by atoms with E-state index in [1.165, 1.54) is 0 Å². The van der Waals surface area contributed by atoms with Crippen LogP contribution in [0.25, 0.3) is 0 Å². The van der Waals surface area contributed by atoms with Crippen molar-refractivity contribution in [2.75, 3.05) is 39.8 Å². The maximum atomic E-state index is 13.0. The van der Waals surface area contributed by atoms with Gasteiger partial charge in [-0.05, 0) is 32.2 Å². The van der Waals surface area contributed by atoms with Gasteiger partial charge in [0, 0.05) is 25.0 Å². The van der Waals surface area contributed by atoms with Crippen molar-refractivity contribution in [3.8, 4) is 0 Å². The Morgan fingerprint density at radius 3 is 2.61 bits per heavy atom. The summed E-state index contributed by atoms with van der Waals surface area (Å²) >= 11 is 0. The topological polar surface area (TPSA) is 70.1 Å². The Balaban J connectivity index is 1.92. The average molecular weight is 326 g/mol. The van der Waals surface area contributed by atoms with Crippen LogP contribution in [-0.4, -0.2) is 72.7 Å². The van der Waals surface area contributed by atoms with Crippen molar-refractivity contribution in [2.24, 2.45) is 11.3 Å². The maximum absolute atomic E-state index is 13.0. The van der Waals surface area contributed by atoms with Gasteiger partial charge >= 0.3 is 5.97 Å². The number of aliphatic carboxylic acids is 1. The van der Waals surface area contributed by atoms with E-state index in [1.807, 2.05) is 4.90 Å². The summed E-state index contributed by atoms with van der Waals surface area (Å²) < 4.78 is 5.73. The van der Waals surface area contributed by atoms with Crippen molar-refractivity contribution in [1.29, 1.82) is 0 Å². The zero-order chi connectivity index (χ0) is 17.0. The molecule has 0 aromatic carbocycles. The van der Waals surface area contributed by atoms with E-state index in [4.69, 9.17) is 9.84 Å². The number of nitrogens with zero attached hydrogens (tertiary/aromatic N) is 2. The molecular weight excluding hydrogens is 296 g/mol. The first kappa shape index (κ1) is 18.2. The second-order valence-corrected chi connectivity index (χ2v) is 7.57. The van der Waals surface area contributed by atoms with E-state index >= 15 is 0 Å². The van der Waals surface area contributed by atoms with Crippen LogP contribution in [0.5, 0.6) is 0 Å². The van der Waals surface area contributed by atoms with Gasteiger partial charge in [0.2, 0.25) is 5.91 Å². The van der Waals surface area contributed by atoms with Gasteiger partial charge in [-0.3, -0.25) is 14.5 Å². The SMILES string of the molecule is CC(C)CC1(C(=O)N2CCOC(CN(C)CC(=O)O)C2)CCC1. The first-order chi connectivity index (χ1) is 10.8. The normalized spacial score (nSPS) is 23.9. The first-order valence-electron chi connectivity index (χ1n) is 8.64. The largest absolute Gasteiger partial charge is 0.480 e. The number of carboxylic acids is 1. The molecule has 0 radical (unpaired) electrons. The van der Waals surface area contributed by atoms with Crippen molar-refractivity contribution >= 4 is 11.9 Å². The quantitative estimate of drug-likeness (QED) is 0.767. The smallest absolute Gasteiger partial charge is 0.317 e. The molecular formula is C17H30N2O4. The van der Waals surface area contributed by atoms with Crippen LogP contribution in [0.15, 0.2) is 0 Å². The molecule has 1 aliphatic heterocycles. The number of ether oxygens (including phenoxy) is 1. The van der Waals surface area contributed by atoms with Crippen LogP contribution >= 0.6 is 0 Å². The van der Waals surface area contributed by atoms with Crippen molar-refractivity contribution in [1.82, 2.24) is 9.80 Å². The Morgan fingerprint density at radius 2 is 2.09 bits per heavy atom. The zero-order valence-electron chi connectivity index (χ0n) is 14.6. The summed E-state index contributed by atoms with van der Waals surface area (Å²) in [4.78, 5) is 27.4. The molecule has 6 nitrogen and oxygen atoms in total. The highest BCUT2D eigenvalue weighted by Crippen LogP contribution is 2.47. The number of amides is 1. The van der Waals surface area contributed by atoms with Gasteiger partial charge in [0.1, 0.15) is 0 Å². The van der Waals surface area contributed by atoms with E-state index in [9.17, 15) is 9.59 Å². The highest BCUT2D eigenvalue weighted by atomic mass is 16.5. The average Bonchev–Trinajstić information content (AvgIpc) is 2.41. The van der Waals surface area contributed by atoms with Crippen molar-refractivity contribution < 1.29 is 19.4 Å². The number of morpholine rings is 1. The number of likely N-dealkylation sites (N-methyl/N-ethyl adjacent to an activating group) is 1. The lowest BCUT2D eigenvalue weighted by molar-refractivity contribution is -0.157. The molecule has 1 saturated heterocycles. The summed E-state index contributed by atoms with van der Waals surface area (Å²) in [6, 6.07) is 0. The number of carbonyl (C=O) groups excluding carboxylic acids is 1. The zero-order valence-corrected chi connectivity index (χ0v) is 14.6. The molecule has 0 aromatic heterocycles. The molecule has 2 aliphatic rings. The molecule has 0 spiro atoms. The Bertz CT molecular complexity index is 434. The molecule has 2 fully saturated rings. The third-order valence-corrected chi connectivity index (χ3v) is 4.91. The van der Waals surface area contributed by atoms with Crippen LogP contribution in [-0.2, 0) is 14.3 Å². The van der Waals surface area contributed by atoms with Crippen LogP contribution in [0, 0.1) is 11.3 Å². The summed E-state index contributed by atoms with van der Waals surface area (Å²) in [6.45, 7) is 6.64. The van der Waals surface area contributed by atoms with Gasteiger partial charge < -0.3 is 14.7 Å². The molecule has 1 N–H and O–H groups in total. The van der Waals surface area contributed by atoms with Gasteiger partial charge in [-0.1, -0.05) is 20.3 Å². The molecule has 1 aliphatic carbocycles. The first-order valence-corrected chi connectivity index (χ1v) is 8.64. The van der Waals surface area contributed by atoms with E-state index in [-0.39, 0.29) is 24.0 Å². The van der Waals surface area contributed by atoms with Gasteiger partial charge in [0.25, 0.3) is 0 Å². The van der Waals surface area contributed by atoms with Crippen LogP contribution in [0.2, 0.25) is 0 Å².